The number of carbonyl (C=O) groups is 1. The highest BCUT2D eigenvalue weighted by Crippen LogP contribution is 2.46. The predicted octanol–water partition coefficient (Wildman–Crippen LogP) is 5.45. The van der Waals surface area contributed by atoms with Crippen LogP contribution in [0, 0.1) is 13.8 Å². The van der Waals surface area contributed by atoms with Crippen LogP contribution in [0.2, 0.25) is 0 Å². The highest BCUT2D eigenvalue weighted by Gasteiger charge is 2.28. The molecule has 0 atom stereocenters. The Hall–Kier alpha value is -2.51. The second-order valence-corrected chi connectivity index (χ2v) is 10.6. The van der Waals surface area contributed by atoms with E-state index in [0.29, 0.717) is 18.4 Å². The van der Waals surface area contributed by atoms with Gasteiger partial charge in [-0.2, -0.15) is 5.10 Å². The summed E-state index contributed by atoms with van der Waals surface area (Å²) < 4.78 is 1.86. The first-order chi connectivity index (χ1) is 15.3. The molecule has 1 fully saturated rings. The molecule has 1 aliphatic heterocycles. The summed E-state index contributed by atoms with van der Waals surface area (Å²) in [5, 5.41) is 5.75. The quantitative estimate of drug-likeness (QED) is 0.440. The number of nitrogens with zero attached hydrogens (tertiary/aromatic N) is 4. The number of H-pyrrole nitrogens is 1. The number of hydrogen-bond donors (Lipinski definition) is 1. The van der Waals surface area contributed by atoms with Gasteiger partial charge >= 0.3 is 0 Å². The number of nitrogens with one attached hydrogen (secondary N) is 1. The molecule has 1 N–H and O–H groups in total. The second-order valence-electron chi connectivity index (χ2n) is 9.55. The molecule has 4 aromatic rings. The van der Waals surface area contributed by atoms with E-state index in [1.165, 1.54) is 43.0 Å². The minimum Gasteiger partial charge on any atom is -0.346 e. The molecule has 0 unspecified atom stereocenters. The summed E-state index contributed by atoms with van der Waals surface area (Å²) in [6.07, 6.45) is 5.96. The molecule has 1 aliphatic rings. The van der Waals surface area contributed by atoms with E-state index in [0.717, 1.165) is 31.6 Å². The third-order valence-corrected chi connectivity index (χ3v) is 8.20. The Bertz CT molecular complexity index is 1300. The number of aromatic amines is 1. The highest BCUT2D eigenvalue weighted by atomic mass is 32.1. The number of aryl methyl sites for hydroxylation is 2. The van der Waals surface area contributed by atoms with E-state index in [1.807, 2.05) is 15.9 Å². The van der Waals surface area contributed by atoms with Gasteiger partial charge in [0, 0.05) is 22.0 Å². The van der Waals surface area contributed by atoms with Crippen LogP contribution in [0.15, 0.2) is 18.6 Å². The second kappa shape index (κ2) is 8.12. The first-order valence-corrected chi connectivity index (χ1v) is 12.3. The van der Waals surface area contributed by atoms with Crippen molar-refractivity contribution in [1.29, 1.82) is 0 Å². The van der Waals surface area contributed by atoms with Crippen molar-refractivity contribution in [1.82, 2.24) is 24.5 Å². The Balaban J connectivity index is 1.54. The number of Topliss-reactive ketones (excluding diaryl/α,β-unsaturated/α-hetero) is 1. The fraction of sp³-hybridized carbons (Fsp3) is 0.480. The van der Waals surface area contributed by atoms with Gasteiger partial charge in [-0.1, -0.05) is 13.8 Å². The lowest BCUT2D eigenvalue weighted by atomic mass is 9.90. The maximum Gasteiger partial charge on any atom is 0.155 e. The van der Waals surface area contributed by atoms with E-state index in [-0.39, 0.29) is 5.78 Å². The summed E-state index contributed by atoms with van der Waals surface area (Å²) in [5.74, 6) is 1.25. The molecular formula is C25H31N5OS. The molecule has 1 saturated heterocycles. The van der Waals surface area contributed by atoms with E-state index in [1.54, 1.807) is 13.3 Å². The van der Waals surface area contributed by atoms with Crippen molar-refractivity contribution < 1.29 is 4.79 Å². The molecule has 0 amide bonds. The lowest BCUT2D eigenvalue weighted by molar-refractivity contribution is -0.118. The van der Waals surface area contributed by atoms with E-state index in [9.17, 15) is 4.79 Å². The number of carbonyl (C=O) groups excluding carboxylic acids is 1. The van der Waals surface area contributed by atoms with E-state index < -0.39 is 0 Å². The topological polar surface area (TPSA) is 66.3 Å². The van der Waals surface area contributed by atoms with Crippen molar-refractivity contribution in [2.24, 2.45) is 0 Å². The van der Waals surface area contributed by atoms with Crippen LogP contribution in [-0.2, 0) is 4.79 Å². The van der Waals surface area contributed by atoms with Crippen LogP contribution in [0.3, 0.4) is 0 Å². The number of piperidine rings is 1. The normalized spacial score (nSPS) is 16.1. The van der Waals surface area contributed by atoms with Crippen LogP contribution in [0.4, 0.5) is 0 Å². The van der Waals surface area contributed by atoms with Crippen molar-refractivity contribution in [3.05, 3.63) is 40.2 Å². The monoisotopic (exact) mass is 449 g/mol. The highest BCUT2D eigenvalue weighted by molar-refractivity contribution is 7.19. The molecule has 5 heterocycles. The van der Waals surface area contributed by atoms with Gasteiger partial charge in [0.1, 0.15) is 16.9 Å². The smallest absolute Gasteiger partial charge is 0.155 e. The third kappa shape index (κ3) is 3.57. The fourth-order valence-corrected chi connectivity index (χ4v) is 6.71. The van der Waals surface area contributed by atoms with Crippen molar-refractivity contribution in [3.8, 4) is 11.3 Å². The Morgan fingerprint density at radius 1 is 1.28 bits per heavy atom. The zero-order valence-electron chi connectivity index (χ0n) is 19.5. The van der Waals surface area contributed by atoms with E-state index in [2.05, 4.69) is 59.9 Å². The Morgan fingerprint density at radius 2 is 2.03 bits per heavy atom. The van der Waals surface area contributed by atoms with Gasteiger partial charge in [0.2, 0.25) is 0 Å². The van der Waals surface area contributed by atoms with Gasteiger partial charge in [-0.25, -0.2) is 9.50 Å². The molecule has 6 nitrogen and oxygen atoms in total. The van der Waals surface area contributed by atoms with Gasteiger partial charge in [-0.15, -0.1) is 11.3 Å². The van der Waals surface area contributed by atoms with Crippen LogP contribution in [0.5, 0.6) is 0 Å². The molecule has 5 rings (SSSR count). The van der Waals surface area contributed by atoms with E-state index in [4.69, 9.17) is 0 Å². The molecule has 0 bridgehead atoms. The van der Waals surface area contributed by atoms with Gasteiger partial charge < -0.3 is 4.98 Å². The minimum absolute atomic E-state index is 0.262. The molecule has 0 aromatic carbocycles. The summed E-state index contributed by atoms with van der Waals surface area (Å²) in [5.41, 5.74) is 7.31. The van der Waals surface area contributed by atoms with E-state index >= 15 is 0 Å². The first-order valence-electron chi connectivity index (χ1n) is 11.5. The molecule has 168 valence electrons. The number of pyridine rings is 1. The number of likely N-dealkylation sites (tertiary alicyclic amines) is 1. The number of thiophene rings is 1. The van der Waals surface area contributed by atoms with Gasteiger partial charge in [0.15, 0.2) is 5.65 Å². The average molecular weight is 450 g/mol. The Labute approximate surface area is 192 Å². The standard InChI is InChI=1S/C25H31N5OS/c1-14(2)21-22-17(5)24(18-6-8-29(9-7-18)11-16(4)31)32-25(22)28-23(21)19-12-30-20(10-15(19)3)26-13-27-30/h10,12-14,18,28H,6-9,11H2,1-5H3. The third-order valence-electron chi connectivity index (χ3n) is 6.83. The van der Waals surface area contributed by atoms with Crippen molar-refractivity contribution >= 4 is 33.0 Å². The Kier molecular flexibility index (Phi) is 5.42. The van der Waals surface area contributed by atoms with Crippen LogP contribution in [-0.4, -0.2) is 49.9 Å². The largest absolute Gasteiger partial charge is 0.346 e. The number of ketones is 1. The molecule has 0 aliphatic carbocycles. The zero-order chi connectivity index (χ0) is 22.6. The average Bonchev–Trinajstić information content (AvgIpc) is 3.42. The maximum atomic E-state index is 11.5. The Morgan fingerprint density at radius 3 is 2.72 bits per heavy atom. The predicted molar refractivity (Wildman–Crippen MR) is 131 cm³/mol. The summed E-state index contributed by atoms with van der Waals surface area (Å²) in [4.78, 5) is 24.7. The van der Waals surface area contributed by atoms with Crippen LogP contribution in [0.25, 0.3) is 27.1 Å². The fourth-order valence-electron chi connectivity index (χ4n) is 5.32. The lowest BCUT2D eigenvalue weighted by Gasteiger charge is -2.31. The van der Waals surface area contributed by atoms with Crippen molar-refractivity contribution in [3.63, 3.8) is 0 Å². The van der Waals surface area contributed by atoms with Crippen molar-refractivity contribution in [2.75, 3.05) is 19.6 Å². The molecule has 0 spiro atoms. The van der Waals surface area contributed by atoms with Gasteiger partial charge in [-0.05, 0) is 81.3 Å². The summed E-state index contributed by atoms with van der Waals surface area (Å²) in [7, 11) is 0. The first kappa shape index (κ1) is 21.3. The maximum absolute atomic E-state index is 11.5. The van der Waals surface area contributed by atoms with Crippen LogP contribution in [0.1, 0.15) is 67.0 Å². The zero-order valence-corrected chi connectivity index (χ0v) is 20.3. The SMILES string of the molecule is CC(=O)CN1CCC(c2sc3[nH]c(-c4cn5ncnc5cc4C)c(C(C)C)c3c2C)CC1. The molecule has 0 radical (unpaired) electrons. The number of aromatic nitrogens is 4. The number of hydrogen-bond acceptors (Lipinski definition) is 5. The summed E-state index contributed by atoms with van der Waals surface area (Å²) >= 11 is 1.93. The van der Waals surface area contributed by atoms with Gasteiger partial charge in [0.25, 0.3) is 0 Å². The molecule has 4 aromatic heterocycles. The molecule has 7 heteroatoms. The van der Waals surface area contributed by atoms with Gasteiger partial charge in [0.05, 0.1) is 12.2 Å². The summed E-state index contributed by atoms with van der Waals surface area (Å²) in [6.45, 7) is 13.3. The molecule has 0 saturated carbocycles. The summed E-state index contributed by atoms with van der Waals surface area (Å²) in [6, 6.07) is 2.11. The van der Waals surface area contributed by atoms with Crippen molar-refractivity contribution in [2.45, 2.75) is 59.3 Å². The van der Waals surface area contributed by atoms with Crippen LogP contribution >= 0.6 is 11.3 Å². The number of fused-ring (bicyclic) bond motifs is 2. The number of rotatable bonds is 5. The molecule has 32 heavy (non-hydrogen) atoms. The molecular weight excluding hydrogens is 418 g/mol. The lowest BCUT2D eigenvalue weighted by Crippen LogP contribution is -2.36. The van der Waals surface area contributed by atoms with Crippen LogP contribution < -0.4 is 0 Å². The van der Waals surface area contributed by atoms with Gasteiger partial charge in [-0.3, -0.25) is 9.69 Å². The minimum atomic E-state index is 0.262.